The highest BCUT2D eigenvalue weighted by Crippen LogP contribution is 2.22. The van der Waals surface area contributed by atoms with Crippen LogP contribution in [-0.4, -0.2) is 17.3 Å². The van der Waals surface area contributed by atoms with E-state index in [4.69, 9.17) is 16.3 Å². The summed E-state index contributed by atoms with van der Waals surface area (Å²) in [6, 6.07) is 5.51. The number of hydrogen-bond acceptors (Lipinski definition) is 2. The van der Waals surface area contributed by atoms with Crippen LogP contribution in [-0.2, 0) is 0 Å². The van der Waals surface area contributed by atoms with Gasteiger partial charge in [-0.2, -0.15) is 0 Å². The van der Waals surface area contributed by atoms with Gasteiger partial charge < -0.3 is 9.84 Å². The van der Waals surface area contributed by atoms with Crippen molar-refractivity contribution >= 4 is 11.6 Å². The van der Waals surface area contributed by atoms with Gasteiger partial charge in [0.05, 0.1) is 12.2 Å². The van der Waals surface area contributed by atoms with Crippen molar-refractivity contribution in [2.75, 3.05) is 6.61 Å². The van der Waals surface area contributed by atoms with Crippen LogP contribution in [0.4, 0.5) is 0 Å². The van der Waals surface area contributed by atoms with E-state index in [0.29, 0.717) is 18.1 Å². The van der Waals surface area contributed by atoms with Gasteiger partial charge in [0.1, 0.15) is 5.75 Å². The molecule has 0 saturated heterocycles. The highest BCUT2D eigenvalue weighted by Gasteiger charge is 2.12. The molecule has 84 valence electrons. The molecule has 0 aliphatic carbocycles. The summed E-state index contributed by atoms with van der Waals surface area (Å²) in [7, 11) is 0. The number of hydrogen-bond donors (Lipinski definition) is 1. The lowest BCUT2D eigenvalue weighted by molar-refractivity contribution is 0.0552. The highest BCUT2D eigenvalue weighted by molar-refractivity contribution is 6.30. The van der Waals surface area contributed by atoms with E-state index in [9.17, 15) is 5.11 Å². The van der Waals surface area contributed by atoms with Crippen molar-refractivity contribution in [1.82, 2.24) is 0 Å². The van der Waals surface area contributed by atoms with Crippen LogP contribution in [0.1, 0.15) is 25.8 Å². The largest absolute Gasteiger partial charge is 0.493 e. The third-order valence-corrected chi connectivity index (χ3v) is 2.34. The summed E-state index contributed by atoms with van der Waals surface area (Å²) in [4.78, 5) is 0. The van der Waals surface area contributed by atoms with Gasteiger partial charge in [-0.25, -0.2) is 0 Å². The van der Waals surface area contributed by atoms with Gasteiger partial charge in [0.2, 0.25) is 0 Å². The summed E-state index contributed by atoms with van der Waals surface area (Å²) in [6.45, 7) is 5.99. The fourth-order valence-electron chi connectivity index (χ4n) is 1.19. The van der Waals surface area contributed by atoms with Crippen molar-refractivity contribution < 1.29 is 9.84 Å². The van der Waals surface area contributed by atoms with Crippen LogP contribution in [0.15, 0.2) is 18.2 Å². The number of aryl methyl sites for hydroxylation is 1. The van der Waals surface area contributed by atoms with Crippen LogP contribution < -0.4 is 4.74 Å². The molecular formula is C12H17ClO2. The quantitative estimate of drug-likeness (QED) is 0.858. The number of benzene rings is 1. The van der Waals surface area contributed by atoms with Gasteiger partial charge in [-0.15, -0.1) is 0 Å². The molecule has 0 aliphatic rings. The molecule has 1 aromatic carbocycles. The first kappa shape index (κ1) is 12.3. The van der Waals surface area contributed by atoms with Gasteiger partial charge in [-0.1, -0.05) is 11.6 Å². The van der Waals surface area contributed by atoms with Crippen LogP contribution in [0.5, 0.6) is 5.75 Å². The monoisotopic (exact) mass is 228 g/mol. The lowest BCUT2D eigenvalue weighted by Crippen LogP contribution is -2.21. The van der Waals surface area contributed by atoms with E-state index in [1.807, 2.05) is 19.1 Å². The molecule has 1 aromatic rings. The summed E-state index contributed by atoms with van der Waals surface area (Å²) in [5, 5.41) is 10.2. The second-order valence-electron chi connectivity index (χ2n) is 4.32. The first-order valence-electron chi connectivity index (χ1n) is 5.00. The molecule has 15 heavy (non-hydrogen) atoms. The van der Waals surface area contributed by atoms with Crippen LogP contribution in [0.25, 0.3) is 0 Å². The second-order valence-corrected chi connectivity index (χ2v) is 4.76. The lowest BCUT2D eigenvalue weighted by atomic mass is 10.1. The lowest BCUT2D eigenvalue weighted by Gasteiger charge is -2.17. The molecule has 0 spiro atoms. The minimum Gasteiger partial charge on any atom is -0.493 e. The Hall–Kier alpha value is -0.730. The zero-order valence-corrected chi connectivity index (χ0v) is 10.1. The van der Waals surface area contributed by atoms with E-state index in [2.05, 4.69) is 0 Å². The van der Waals surface area contributed by atoms with Gasteiger partial charge in [0.15, 0.2) is 0 Å². The molecule has 2 nitrogen and oxygen atoms in total. The van der Waals surface area contributed by atoms with Gasteiger partial charge in [0, 0.05) is 11.4 Å². The van der Waals surface area contributed by atoms with E-state index in [-0.39, 0.29) is 0 Å². The number of halogens is 1. The third-order valence-electron chi connectivity index (χ3n) is 2.11. The molecule has 0 bridgehead atoms. The summed E-state index contributed by atoms with van der Waals surface area (Å²) in [5.41, 5.74) is 0.332. The van der Waals surface area contributed by atoms with Crippen molar-refractivity contribution in [3.63, 3.8) is 0 Å². The predicted octanol–water partition coefficient (Wildman–Crippen LogP) is 3.19. The normalized spacial score (nSPS) is 11.5. The summed E-state index contributed by atoms with van der Waals surface area (Å²) in [5.74, 6) is 0.823. The Balaban J connectivity index is 2.51. The zero-order chi connectivity index (χ0) is 11.5. The van der Waals surface area contributed by atoms with Crippen molar-refractivity contribution in [2.24, 2.45) is 0 Å². The molecule has 0 heterocycles. The maximum absolute atomic E-state index is 9.51. The average Bonchev–Trinajstić information content (AvgIpc) is 2.07. The molecule has 0 saturated carbocycles. The van der Waals surface area contributed by atoms with Crippen LogP contribution in [0.3, 0.4) is 0 Å². The van der Waals surface area contributed by atoms with E-state index in [0.717, 1.165) is 11.3 Å². The Morgan fingerprint density at radius 1 is 1.40 bits per heavy atom. The Labute approximate surface area is 95.8 Å². The standard InChI is InChI=1S/C12H17ClO2/c1-9-8-10(13)4-5-11(9)15-7-6-12(2,3)14/h4-5,8,14H,6-7H2,1-3H3. The van der Waals surface area contributed by atoms with Crippen molar-refractivity contribution in [1.29, 1.82) is 0 Å². The number of ether oxygens (including phenoxy) is 1. The molecule has 0 atom stereocenters. The van der Waals surface area contributed by atoms with Crippen molar-refractivity contribution in [2.45, 2.75) is 32.8 Å². The van der Waals surface area contributed by atoms with Crippen LogP contribution in [0.2, 0.25) is 5.02 Å². The van der Waals surface area contributed by atoms with E-state index >= 15 is 0 Å². The molecule has 0 aromatic heterocycles. The molecule has 0 aliphatic heterocycles. The summed E-state index contributed by atoms with van der Waals surface area (Å²) < 4.78 is 5.55. The maximum Gasteiger partial charge on any atom is 0.122 e. The molecule has 3 heteroatoms. The first-order valence-corrected chi connectivity index (χ1v) is 5.37. The summed E-state index contributed by atoms with van der Waals surface area (Å²) in [6.07, 6.45) is 0.606. The molecule has 0 fully saturated rings. The smallest absolute Gasteiger partial charge is 0.122 e. The molecule has 1 rings (SSSR count). The number of rotatable bonds is 4. The number of aliphatic hydroxyl groups is 1. The van der Waals surface area contributed by atoms with Crippen LogP contribution >= 0.6 is 11.6 Å². The zero-order valence-electron chi connectivity index (χ0n) is 9.38. The Kier molecular flexibility index (Phi) is 4.00. The Morgan fingerprint density at radius 3 is 2.60 bits per heavy atom. The van der Waals surface area contributed by atoms with Crippen molar-refractivity contribution in [3.8, 4) is 5.75 Å². The molecule has 0 radical (unpaired) electrons. The Morgan fingerprint density at radius 2 is 2.07 bits per heavy atom. The maximum atomic E-state index is 9.51. The van der Waals surface area contributed by atoms with E-state index in [1.54, 1.807) is 19.9 Å². The minimum atomic E-state index is -0.680. The van der Waals surface area contributed by atoms with E-state index < -0.39 is 5.60 Å². The molecule has 0 unspecified atom stereocenters. The van der Waals surface area contributed by atoms with Crippen molar-refractivity contribution in [3.05, 3.63) is 28.8 Å². The topological polar surface area (TPSA) is 29.5 Å². The highest BCUT2D eigenvalue weighted by atomic mass is 35.5. The van der Waals surface area contributed by atoms with Gasteiger partial charge in [-0.05, 0) is 44.5 Å². The first-order chi connectivity index (χ1) is 6.88. The predicted molar refractivity (Wildman–Crippen MR) is 62.6 cm³/mol. The SMILES string of the molecule is Cc1cc(Cl)ccc1OCCC(C)(C)O. The third kappa shape index (κ3) is 4.54. The minimum absolute atomic E-state index is 0.506. The second kappa shape index (κ2) is 4.86. The Bertz CT molecular complexity index is 329. The summed E-state index contributed by atoms with van der Waals surface area (Å²) >= 11 is 5.83. The fourth-order valence-corrected chi connectivity index (χ4v) is 1.41. The van der Waals surface area contributed by atoms with E-state index in [1.165, 1.54) is 0 Å². The molecule has 0 amide bonds. The fraction of sp³-hybridized carbons (Fsp3) is 0.500. The average molecular weight is 229 g/mol. The van der Waals surface area contributed by atoms with Gasteiger partial charge >= 0.3 is 0 Å². The molecule has 1 N–H and O–H groups in total. The van der Waals surface area contributed by atoms with Gasteiger partial charge in [-0.3, -0.25) is 0 Å². The van der Waals surface area contributed by atoms with Crippen LogP contribution in [0, 0.1) is 6.92 Å². The molecular weight excluding hydrogens is 212 g/mol. The van der Waals surface area contributed by atoms with Gasteiger partial charge in [0.25, 0.3) is 0 Å².